The topological polar surface area (TPSA) is 86.8 Å². The van der Waals surface area contributed by atoms with Gasteiger partial charge >= 0.3 is 0 Å². The van der Waals surface area contributed by atoms with Crippen molar-refractivity contribution in [1.82, 2.24) is 20.2 Å². The Morgan fingerprint density at radius 3 is 3.08 bits per heavy atom. The molecule has 0 unspecified atom stereocenters. The first-order valence-corrected chi connectivity index (χ1v) is 9.40. The molecule has 0 saturated heterocycles. The maximum Gasteiger partial charge on any atom is 0.189 e. The van der Waals surface area contributed by atoms with Gasteiger partial charge in [0.2, 0.25) is 0 Å². The van der Waals surface area contributed by atoms with Crippen molar-refractivity contribution in [2.24, 2.45) is 0 Å². The molecule has 0 saturated carbocycles. The third-order valence-corrected chi connectivity index (χ3v) is 5.38. The fraction of sp³-hybridized carbons (Fsp3) is 0.333. The van der Waals surface area contributed by atoms with Gasteiger partial charge in [-0.1, -0.05) is 6.07 Å². The number of aromatic nitrogens is 4. The van der Waals surface area contributed by atoms with E-state index in [2.05, 4.69) is 25.4 Å². The van der Waals surface area contributed by atoms with E-state index in [1.54, 1.807) is 18.3 Å². The van der Waals surface area contributed by atoms with Crippen LogP contribution in [0.3, 0.4) is 0 Å². The lowest BCUT2D eigenvalue weighted by atomic mass is 10.2. The first-order valence-electron chi connectivity index (χ1n) is 8.58. The molecule has 0 fully saturated rings. The van der Waals surface area contributed by atoms with Crippen LogP contribution in [0.15, 0.2) is 24.4 Å². The Morgan fingerprint density at radius 1 is 1.38 bits per heavy atom. The molecule has 3 aromatic rings. The fourth-order valence-electron chi connectivity index (χ4n) is 3.07. The van der Waals surface area contributed by atoms with Gasteiger partial charge in [0.1, 0.15) is 17.4 Å². The number of anilines is 3. The van der Waals surface area contributed by atoms with Gasteiger partial charge in [0.15, 0.2) is 5.13 Å². The van der Waals surface area contributed by atoms with Crippen molar-refractivity contribution in [2.75, 3.05) is 23.3 Å². The maximum absolute atomic E-state index is 11.4. The quantitative estimate of drug-likeness (QED) is 0.718. The highest BCUT2D eigenvalue weighted by molar-refractivity contribution is 7.16. The Morgan fingerprint density at radius 2 is 2.27 bits per heavy atom. The number of hydrogen-bond donors (Lipinski definition) is 2. The molecule has 0 spiro atoms. The number of pyridine rings is 1. The third kappa shape index (κ3) is 3.32. The molecule has 4 heterocycles. The molecule has 0 amide bonds. The lowest BCUT2D eigenvalue weighted by molar-refractivity contribution is -0.116. The molecule has 8 heteroatoms. The number of ketones is 1. The molecule has 3 aromatic heterocycles. The SMILES string of the molecule is CC(=O)CCN1CCc2sc(Nc3cccc(C)n3)nc2-c2cn[nH]c21. The van der Waals surface area contributed by atoms with Crippen molar-refractivity contribution < 1.29 is 4.79 Å². The van der Waals surface area contributed by atoms with Crippen LogP contribution >= 0.6 is 11.3 Å². The first kappa shape index (κ1) is 16.7. The number of carbonyl (C=O) groups excluding carboxylic acids is 1. The second-order valence-corrected chi connectivity index (χ2v) is 7.48. The Hall–Kier alpha value is -2.74. The van der Waals surface area contributed by atoms with Crippen LogP contribution in [0, 0.1) is 6.92 Å². The molecule has 0 radical (unpaired) electrons. The molecular weight excluding hydrogens is 348 g/mol. The molecular formula is C18H20N6OS. The second kappa shape index (κ2) is 6.87. The van der Waals surface area contributed by atoms with Gasteiger partial charge in [-0.2, -0.15) is 5.10 Å². The molecule has 134 valence electrons. The zero-order valence-corrected chi connectivity index (χ0v) is 15.6. The largest absolute Gasteiger partial charge is 0.356 e. The first-order chi connectivity index (χ1) is 12.6. The number of nitrogens with one attached hydrogen (secondary N) is 2. The summed E-state index contributed by atoms with van der Waals surface area (Å²) in [5, 5.41) is 11.4. The number of Topliss-reactive ketones (excluding diaryl/α,β-unsaturated/α-hetero) is 1. The van der Waals surface area contributed by atoms with Gasteiger partial charge in [0.05, 0.1) is 17.5 Å². The predicted molar refractivity (Wildman–Crippen MR) is 103 cm³/mol. The number of fused-ring (bicyclic) bond motifs is 3. The molecule has 0 atom stereocenters. The van der Waals surface area contributed by atoms with Crippen molar-refractivity contribution in [3.8, 4) is 11.3 Å². The predicted octanol–water partition coefficient (Wildman–Crippen LogP) is 3.32. The Bertz CT molecular complexity index is 947. The number of hydrogen-bond acceptors (Lipinski definition) is 7. The summed E-state index contributed by atoms with van der Waals surface area (Å²) in [5.41, 5.74) is 2.91. The van der Waals surface area contributed by atoms with Crippen LogP contribution in [0.4, 0.5) is 16.8 Å². The zero-order chi connectivity index (χ0) is 18.1. The third-order valence-electron chi connectivity index (χ3n) is 4.35. The maximum atomic E-state index is 11.4. The minimum atomic E-state index is 0.195. The van der Waals surface area contributed by atoms with Crippen molar-refractivity contribution >= 4 is 33.9 Å². The Labute approximate surface area is 155 Å². The van der Waals surface area contributed by atoms with Crippen LogP contribution in [0.2, 0.25) is 0 Å². The summed E-state index contributed by atoms with van der Waals surface area (Å²) in [7, 11) is 0. The Balaban J connectivity index is 1.62. The smallest absolute Gasteiger partial charge is 0.189 e. The van der Waals surface area contributed by atoms with Crippen molar-refractivity contribution in [2.45, 2.75) is 26.7 Å². The zero-order valence-electron chi connectivity index (χ0n) is 14.7. The number of aryl methyl sites for hydroxylation is 1. The van der Waals surface area contributed by atoms with Gasteiger partial charge in [-0.3, -0.25) is 9.89 Å². The monoisotopic (exact) mass is 368 g/mol. The number of aromatic amines is 1. The molecule has 7 nitrogen and oxygen atoms in total. The number of nitrogens with zero attached hydrogens (tertiary/aromatic N) is 4. The van der Waals surface area contributed by atoms with Crippen molar-refractivity contribution in [3.05, 3.63) is 35.0 Å². The van der Waals surface area contributed by atoms with Crippen LogP contribution in [0.5, 0.6) is 0 Å². The Kier molecular flexibility index (Phi) is 4.42. The summed E-state index contributed by atoms with van der Waals surface area (Å²) in [6, 6.07) is 5.88. The van der Waals surface area contributed by atoms with E-state index in [4.69, 9.17) is 4.98 Å². The highest BCUT2D eigenvalue weighted by atomic mass is 32.1. The van der Waals surface area contributed by atoms with E-state index in [1.165, 1.54) is 4.88 Å². The van der Waals surface area contributed by atoms with Crippen LogP contribution in [0.25, 0.3) is 11.3 Å². The van der Waals surface area contributed by atoms with Gasteiger partial charge < -0.3 is 10.2 Å². The minimum Gasteiger partial charge on any atom is -0.356 e. The van der Waals surface area contributed by atoms with Gasteiger partial charge in [0.25, 0.3) is 0 Å². The van der Waals surface area contributed by atoms with E-state index in [9.17, 15) is 4.79 Å². The average Bonchev–Trinajstić information content (AvgIpc) is 3.19. The number of H-pyrrole nitrogens is 1. The highest BCUT2D eigenvalue weighted by Crippen LogP contribution is 2.39. The van der Waals surface area contributed by atoms with Crippen LogP contribution in [-0.4, -0.2) is 39.0 Å². The standard InChI is InChI=1S/C18H20N6OS/c1-11-4-3-5-15(20-11)21-18-22-16-13-10-19-23-17(13)24(8-6-12(2)25)9-7-14(16)26-18/h3-5,10H,6-9H2,1-2H3,(H,19,23)(H,20,21,22). The second-order valence-electron chi connectivity index (χ2n) is 6.40. The van der Waals surface area contributed by atoms with Gasteiger partial charge in [0, 0.05) is 36.5 Å². The molecule has 26 heavy (non-hydrogen) atoms. The number of carbonyl (C=O) groups is 1. The van der Waals surface area contributed by atoms with Gasteiger partial charge in [-0.05, 0) is 26.0 Å². The molecule has 1 aliphatic rings. The highest BCUT2D eigenvalue weighted by Gasteiger charge is 2.25. The summed E-state index contributed by atoms with van der Waals surface area (Å²) < 4.78 is 0. The molecule has 4 rings (SSSR count). The summed E-state index contributed by atoms with van der Waals surface area (Å²) in [6.45, 7) is 5.12. The average molecular weight is 368 g/mol. The number of rotatable bonds is 5. The summed E-state index contributed by atoms with van der Waals surface area (Å²) in [4.78, 5) is 24.0. The van der Waals surface area contributed by atoms with Crippen LogP contribution < -0.4 is 10.2 Å². The molecule has 1 aliphatic heterocycles. The summed E-state index contributed by atoms with van der Waals surface area (Å²) in [6.07, 6.45) is 3.23. The summed E-state index contributed by atoms with van der Waals surface area (Å²) >= 11 is 1.65. The van der Waals surface area contributed by atoms with E-state index >= 15 is 0 Å². The van der Waals surface area contributed by atoms with Crippen molar-refractivity contribution in [1.29, 1.82) is 0 Å². The van der Waals surface area contributed by atoms with Gasteiger partial charge in [-0.15, -0.1) is 11.3 Å². The molecule has 0 bridgehead atoms. The molecule has 0 aliphatic carbocycles. The van der Waals surface area contributed by atoms with E-state index in [0.29, 0.717) is 13.0 Å². The van der Waals surface area contributed by atoms with Gasteiger partial charge in [-0.25, -0.2) is 9.97 Å². The molecule has 0 aromatic carbocycles. The fourth-order valence-corrected chi connectivity index (χ4v) is 4.04. The lowest BCUT2D eigenvalue weighted by Gasteiger charge is -2.21. The normalized spacial score (nSPS) is 13.1. The van der Waals surface area contributed by atoms with E-state index < -0.39 is 0 Å². The number of thiazole rings is 1. The van der Waals surface area contributed by atoms with Crippen LogP contribution in [-0.2, 0) is 11.2 Å². The van der Waals surface area contributed by atoms with Crippen LogP contribution in [0.1, 0.15) is 23.9 Å². The van der Waals surface area contributed by atoms with E-state index in [0.717, 1.165) is 46.7 Å². The van der Waals surface area contributed by atoms with Crippen molar-refractivity contribution in [3.63, 3.8) is 0 Å². The summed E-state index contributed by atoms with van der Waals surface area (Å²) in [5.74, 6) is 1.93. The lowest BCUT2D eigenvalue weighted by Crippen LogP contribution is -2.27. The molecule has 2 N–H and O–H groups in total. The minimum absolute atomic E-state index is 0.195. The van der Waals surface area contributed by atoms with E-state index in [1.807, 2.05) is 31.3 Å². The van der Waals surface area contributed by atoms with E-state index in [-0.39, 0.29) is 5.78 Å².